The number of amides is 2. The summed E-state index contributed by atoms with van der Waals surface area (Å²) in [5, 5.41) is 5.76. The van der Waals surface area contributed by atoms with Crippen molar-refractivity contribution in [3.63, 3.8) is 0 Å². The molecule has 0 aliphatic rings. The number of ether oxygens (including phenoxy) is 1. The number of carbonyl (C=O) groups is 3. The van der Waals surface area contributed by atoms with Gasteiger partial charge in [-0.05, 0) is 42.8 Å². The van der Waals surface area contributed by atoms with Crippen LogP contribution in [0.2, 0.25) is 0 Å². The van der Waals surface area contributed by atoms with Crippen molar-refractivity contribution in [3.8, 4) is 0 Å². The molecule has 0 bridgehead atoms. The molecular formula is C24H20N4O5S. The average Bonchev–Trinajstić information content (AvgIpc) is 3.18. The van der Waals surface area contributed by atoms with E-state index >= 15 is 0 Å². The van der Waals surface area contributed by atoms with Gasteiger partial charge in [0.25, 0.3) is 11.5 Å². The van der Waals surface area contributed by atoms with E-state index in [9.17, 15) is 19.2 Å². The summed E-state index contributed by atoms with van der Waals surface area (Å²) in [6.07, 6.45) is 1.28. The lowest BCUT2D eigenvalue weighted by Crippen LogP contribution is -2.28. The van der Waals surface area contributed by atoms with Gasteiger partial charge in [-0.3, -0.25) is 19.0 Å². The third-order valence-electron chi connectivity index (χ3n) is 5.04. The molecule has 0 unspecified atom stereocenters. The van der Waals surface area contributed by atoms with Crippen molar-refractivity contribution in [2.75, 3.05) is 17.7 Å². The summed E-state index contributed by atoms with van der Waals surface area (Å²) in [6, 6.07) is 15.3. The second kappa shape index (κ2) is 9.67. The molecule has 4 aromatic rings. The number of esters is 1. The zero-order chi connectivity index (χ0) is 24.2. The number of fused-ring (bicyclic) bond motifs is 1. The number of rotatable bonds is 6. The van der Waals surface area contributed by atoms with Crippen molar-refractivity contribution in [3.05, 3.63) is 87.3 Å². The second-order valence-electron chi connectivity index (χ2n) is 7.35. The number of aryl methyl sites for hydroxylation is 1. The molecule has 2 N–H and O–H groups in total. The molecular weight excluding hydrogens is 456 g/mol. The molecule has 0 fully saturated rings. The van der Waals surface area contributed by atoms with Gasteiger partial charge in [0.2, 0.25) is 5.91 Å². The van der Waals surface area contributed by atoms with Crippen LogP contribution in [0.25, 0.3) is 10.2 Å². The summed E-state index contributed by atoms with van der Waals surface area (Å²) in [5.41, 5.74) is 1.41. The van der Waals surface area contributed by atoms with Crippen LogP contribution >= 0.6 is 11.3 Å². The Kier molecular flexibility index (Phi) is 6.51. The molecule has 0 saturated carbocycles. The highest BCUT2D eigenvalue weighted by molar-refractivity contribution is 7.20. The van der Waals surface area contributed by atoms with Gasteiger partial charge >= 0.3 is 5.97 Å². The highest BCUT2D eigenvalue weighted by Gasteiger charge is 2.20. The Morgan fingerprint density at radius 3 is 2.50 bits per heavy atom. The molecule has 2 amide bonds. The minimum absolute atomic E-state index is 0.287. The number of methoxy groups -OCH3 is 1. The molecule has 0 spiro atoms. The number of carbonyl (C=O) groups excluding carboxylic acids is 3. The minimum atomic E-state index is -0.526. The zero-order valence-corrected chi connectivity index (χ0v) is 19.1. The zero-order valence-electron chi connectivity index (χ0n) is 18.3. The van der Waals surface area contributed by atoms with Crippen LogP contribution in [0, 0.1) is 6.92 Å². The molecule has 34 heavy (non-hydrogen) atoms. The summed E-state index contributed by atoms with van der Waals surface area (Å²) >= 11 is 1.12. The highest BCUT2D eigenvalue weighted by atomic mass is 32.1. The SMILES string of the molecule is COC(=O)c1cccc(NC(=O)Cn2cnc3sc(C(=O)Nc4ccccc4)c(C)c3c2=O)c1. The van der Waals surface area contributed by atoms with Crippen LogP contribution in [0.15, 0.2) is 65.7 Å². The fourth-order valence-electron chi connectivity index (χ4n) is 3.39. The van der Waals surface area contributed by atoms with E-state index in [1.165, 1.54) is 24.1 Å². The van der Waals surface area contributed by atoms with Gasteiger partial charge in [0.1, 0.15) is 11.4 Å². The Balaban J connectivity index is 1.55. The largest absolute Gasteiger partial charge is 0.465 e. The fourth-order valence-corrected chi connectivity index (χ4v) is 4.43. The van der Waals surface area contributed by atoms with Gasteiger partial charge in [0, 0.05) is 11.4 Å². The van der Waals surface area contributed by atoms with E-state index in [0.717, 1.165) is 11.3 Å². The first-order valence-corrected chi connectivity index (χ1v) is 11.0. The lowest BCUT2D eigenvalue weighted by atomic mass is 10.2. The maximum Gasteiger partial charge on any atom is 0.337 e. The topological polar surface area (TPSA) is 119 Å². The summed E-state index contributed by atoms with van der Waals surface area (Å²) in [4.78, 5) is 55.1. The molecule has 0 saturated heterocycles. The lowest BCUT2D eigenvalue weighted by molar-refractivity contribution is -0.116. The third-order valence-corrected chi connectivity index (χ3v) is 6.24. The third kappa shape index (κ3) is 4.71. The first-order chi connectivity index (χ1) is 16.4. The van der Waals surface area contributed by atoms with Crippen LogP contribution in [0.5, 0.6) is 0 Å². The lowest BCUT2D eigenvalue weighted by Gasteiger charge is -2.08. The molecule has 2 aromatic heterocycles. The van der Waals surface area contributed by atoms with Crippen LogP contribution in [-0.4, -0.2) is 34.4 Å². The van der Waals surface area contributed by atoms with E-state index < -0.39 is 17.4 Å². The molecule has 9 nitrogen and oxygen atoms in total. The van der Waals surface area contributed by atoms with Crippen LogP contribution in [-0.2, 0) is 16.1 Å². The first kappa shape index (κ1) is 22.9. The summed E-state index contributed by atoms with van der Waals surface area (Å²) in [6.45, 7) is 1.40. The fraction of sp³-hybridized carbons (Fsp3) is 0.125. The molecule has 0 atom stereocenters. The van der Waals surface area contributed by atoms with Gasteiger partial charge in [-0.15, -0.1) is 11.3 Å². The van der Waals surface area contributed by atoms with Gasteiger partial charge in [0.15, 0.2) is 0 Å². The molecule has 10 heteroatoms. The van der Waals surface area contributed by atoms with Crippen molar-refractivity contribution in [2.24, 2.45) is 0 Å². The number of anilines is 2. The molecule has 0 aliphatic heterocycles. The number of para-hydroxylation sites is 1. The van der Waals surface area contributed by atoms with Crippen molar-refractivity contribution >= 4 is 50.7 Å². The number of nitrogens with zero attached hydrogens (tertiary/aromatic N) is 2. The van der Waals surface area contributed by atoms with Gasteiger partial charge in [-0.1, -0.05) is 24.3 Å². The normalized spacial score (nSPS) is 10.6. The predicted octanol–water partition coefficient (Wildman–Crippen LogP) is 3.44. The van der Waals surface area contributed by atoms with E-state index in [0.29, 0.717) is 32.0 Å². The Hall–Kier alpha value is -4.31. The summed E-state index contributed by atoms with van der Waals surface area (Å²) in [5.74, 6) is -1.33. The molecule has 0 radical (unpaired) electrons. The Morgan fingerprint density at radius 1 is 1.03 bits per heavy atom. The number of hydrogen-bond acceptors (Lipinski definition) is 7. The van der Waals surface area contributed by atoms with Crippen LogP contribution in [0.3, 0.4) is 0 Å². The van der Waals surface area contributed by atoms with Crippen molar-refractivity contribution in [1.29, 1.82) is 0 Å². The monoisotopic (exact) mass is 476 g/mol. The maximum atomic E-state index is 13.1. The van der Waals surface area contributed by atoms with Gasteiger partial charge in [0.05, 0.1) is 29.3 Å². The molecule has 2 aromatic carbocycles. The Morgan fingerprint density at radius 2 is 1.76 bits per heavy atom. The number of aromatic nitrogens is 2. The molecule has 172 valence electrons. The quantitative estimate of drug-likeness (QED) is 0.412. The molecule has 0 aliphatic carbocycles. The van der Waals surface area contributed by atoms with Crippen molar-refractivity contribution in [2.45, 2.75) is 13.5 Å². The van der Waals surface area contributed by atoms with Crippen LogP contribution < -0.4 is 16.2 Å². The van der Waals surface area contributed by atoms with E-state index in [1.54, 1.807) is 37.3 Å². The first-order valence-electron chi connectivity index (χ1n) is 10.2. The number of benzene rings is 2. The van der Waals surface area contributed by atoms with Crippen LogP contribution in [0.1, 0.15) is 25.6 Å². The van der Waals surface area contributed by atoms with Gasteiger partial charge in [-0.25, -0.2) is 9.78 Å². The standard InChI is InChI=1S/C24H20N4O5S/c1-14-19-22(34-20(14)21(30)27-16-8-4-3-5-9-16)25-13-28(23(19)31)12-18(29)26-17-10-6-7-15(11-17)24(32)33-2/h3-11,13H,12H2,1-2H3,(H,26,29)(H,27,30). The van der Waals surface area contributed by atoms with E-state index in [1.807, 2.05) is 18.2 Å². The van der Waals surface area contributed by atoms with Crippen molar-refractivity contribution < 1.29 is 19.1 Å². The van der Waals surface area contributed by atoms with E-state index in [2.05, 4.69) is 20.4 Å². The van der Waals surface area contributed by atoms with Crippen molar-refractivity contribution in [1.82, 2.24) is 9.55 Å². The summed E-state index contributed by atoms with van der Waals surface area (Å²) < 4.78 is 5.86. The highest BCUT2D eigenvalue weighted by Crippen LogP contribution is 2.27. The maximum absolute atomic E-state index is 13.1. The predicted molar refractivity (Wildman–Crippen MR) is 129 cm³/mol. The average molecular weight is 477 g/mol. The second-order valence-corrected chi connectivity index (χ2v) is 8.35. The minimum Gasteiger partial charge on any atom is -0.465 e. The Labute approximate surface area is 198 Å². The van der Waals surface area contributed by atoms with Gasteiger partial charge < -0.3 is 15.4 Å². The van der Waals surface area contributed by atoms with Gasteiger partial charge in [-0.2, -0.15) is 0 Å². The molecule has 4 rings (SSSR count). The van der Waals surface area contributed by atoms with Crippen LogP contribution in [0.4, 0.5) is 11.4 Å². The van der Waals surface area contributed by atoms with E-state index in [-0.39, 0.29) is 18.0 Å². The summed E-state index contributed by atoms with van der Waals surface area (Å²) in [7, 11) is 1.27. The molecule has 2 heterocycles. The number of thiophene rings is 1. The Bertz CT molecular complexity index is 1460. The number of nitrogens with one attached hydrogen (secondary N) is 2. The smallest absolute Gasteiger partial charge is 0.337 e. The van der Waals surface area contributed by atoms with E-state index in [4.69, 9.17) is 0 Å². The number of hydrogen-bond donors (Lipinski definition) is 2.